The van der Waals surface area contributed by atoms with E-state index < -0.39 is 0 Å². The summed E-state index contributed by atoms with van der Waals surface area (Å²) in [6.45, 7) is 5.51. The highest BCUT2D eigenvalue weighted by atomic mass is 16.1. The Morgan fingerprint density at radius 1 is 1.24 bits per heavy atom. The number of hydrogen-bond donors (Lipinski definition) is 1. The van der Waals surface area contributed by atoms with Gasteiger partial charge in [0, 0.05) is 17.2 Å². The monoisotopic (exact) mass is 233 g/mol. The van der Waals surface area contributed by atoms with Crippen molar-refractivity contribution in [3.05, 3.63) is 29.8 Å². The zero-order valence-corrected chi connectivity index (χ0v) is 10.6. The summed E-state index contributed by atoms with van der Waals surface area (Å²) in [5.74, 6) is 0.0807. The molecule has 0 spiro atoms. The van der Waals surface area contributed by atoms with Gasteiger partial charge in [-0.1, -0.05) is 20.3 Å². The lowest BCUT2D eigenvalue weighted by Crippen LogP contribution is -2.20. The average molecular weight is 233 g/mol. The van der Waals surface area contributed by atoms with Gasteiger partial charge in [-0.15, -0.1) is 0 Å². The molecule has 3 nitrogen and oxygen atoms in total. The maximum atomic E-state index is 11.7. The van der Waals surface area contributed by atoms with Gasteiger partial charge in [0.15, 0.2) is 5.78 Å². The standard InChI is InChI=1S/C14H19NO2/c1-4-5-10(2)14(17)15-13-8-6-12(7-9-13)11(3)16/h6-10H,4-5H2,1-3H3,(H,15,17). The van der Waals surface area contributed by atoms with Gasteiger partial charge >= 0.3 is 0 Å². The van der Waals surface area contributed by atoms with Gasteiger partial charge < -0.3 is 5.32 Å². The Bertz CT molecular complexity index is 395. The predicted octanol–water partition coefficient (Wildman–Crippen LogP) is 3.26. The smallest absolute Gasteiger partial charge is 0.227 e. The van der Waals surface area contributed by atoms with Crippen molar-refractivity contribution in [3.63, 3.8) is 0 Å². The maximum Gasteiger partial charge on any atom is 0.227 e. The molecular weight excluding hydrogens is 214 g/mol. The first-order valence-corrected chi connectivity index (χ1v) is 5.96. The normalized spacial score (nSPS) is 11.9. The molecule has 1 N–H and O–H groups in total. The minimum atomic E-state index is 0.0208. The Labute approximate surface area is 102 Å². The highest BCUT2D eigenvalue weighted by Gasteiger charge is 2.11. The molecule has 0 aliphatic heterocycles. The van der Waals surface area contributed by atoms with Crippen LogP contribution in [0.25, 0.3) is 0 Å². The lowest BCUT2D eigenvalue weighted by Gasteiger charge is -2.11. The Balaban J connectivity index is 2.63. The molecule has 1 rings (SSSR count). The number of ketones is 1. The van der Waals surface area contributed by atoms with Crippen LogP contribution >= 0.6 is 0 Å². The van der Waals surface area contributed by atoms with E-state index in [2.05, 4.69) is 12.2 Å². The van der Waals surface area contributed by atoms with Gasteiger partial charge in [-0.3, -0.25) is 9.59 Å². The lowest BCUT2D eigenvalue weighted by atomic mass is 10.1. The van der Waals surface area contributed by atoms with Crippen molar-refractivity contribution in [2.24, 2.45) is 5.92 Å². The van der Waals surface area contributed by atoms with Crippen LogP contribution in [0.1, 0.15) is 44.0 Å². The molecule has 0 fully saturated rings. The molecule has 0 saturated heterocycles. The van der Waals surface area contributed by atoms with Gasteiger partial charge in [-0.25, -0.2) is 0 Å². The third-order valence-corrected chi connectivity index (χ3v) is 2.73. The summed E-state index contributed by atoms with van der Waals surface area (Å²) in [5, 5.41) is 2.84. The number of hydrogen-bond acceptors (Lipinski definition) is 2. The Morgan fingerprint density at radius 3 is 2.29 bits per heavy atom. The van der Waals surface area contributed by atoms with Crippen molar-refractivity contribution < 1.29 is 9.59 Å². The van der Waals surface area contributed by atoms with Gasteiger partial charge in [0.05, 0.1) is 0 Å². The van der Waals surface area contributed by atoms with Crippen molar-refractivity contribution in [1.29, 1.82) is 0 Å². The van der Waals surface area contributed by atoms with Crippen LogP contribution in [0, 0.1) is 5.92 Å². The van der Waals surface area contributed by atoms with Gasteiger partial charge in [0.2, 0.25) is 5.91 Å². The molecule has 1 amide bonds. The summed E-state index contributed by atoms with van der Waals surface area (Å²) in [6, 6.07) is 6.96. The summed E-state index contributed by atoms with van der Waals surface area (Å²) in [7, 11) is 0. The van der Waals surface area contributed by atoms with Crippen LogP contribution in [-0.2, 0) is 4.79 Å². The van der Waals surface area contributed by atoms with Crippen LogP contribution in [0.4, 0.5) is 5.69 Å². The third kappa shape index (κ3) is 4.02. The molecule has 3 heteroatoms. The summed E-state index contributed by atoms with van der Waals surface area (Å²) >= 11 is 0. The quantitative estimate of drug-likeness (QED) is 0.793. The number of carbonyl (C=O) groups excluding carboxylic acids is 2. The first kappa shape index (κ1) is 13.4. The van der Waals surface area contributed by atoms with Crippen molar-refractivity contribution >= 4 is 17.4 Å². The van der Waals surface area contributed by atoms with Crippen LogP contribution in [0.3, 0.4) is 0 Å². The molecule has 0 aliphatic rings. The number of anilines is 1. The van der Waals surface area contributed by atoms with E-state index in [1.54, 1.807) is 24.3 Å². The molecule has 0 saturated carbocycles. The molecule has 1 aromatic carbocycles. The highest BCUT2D eigenvalue weighted by Crippen LogP contribution is 2.13. The molecule has 0 heterocycles. The molecule has 1 atom stereocenters. The second-order valence-corrected chi connectivity index (χ2v) is 4.31. The fourth-order valence-corrected chi connectivity index (χ4v) is 1.62. The Morgan fingerprint density at radius 2 is 1.82 bits per heavy atom. The Kier molecular flexibility index (Phi) is 4.88. The number of benzene rings is 1. The molecule has 92 valence electrons. The van der Waals surface area contributed by atoms with Gasteiger partial charge in [-0.05, 0) is 37.6 Å². The number of amides is 1. The molecule has 1 aromatic rings. The summed E-state index contributed by atoms with van der Waals surface area (Å²) in [4.78, 5) is 22.8. The lowest BCUT2D eigenvalue weighted by molar-refractivity contribution is -0.119. The molecule has 17 heavy (non-hydrogen) atoms. The van der Waals surface area contributed by atoms with E-state index in [1.165, 1.54) is 6.92 Å². The molecule has 0 radical (unpaired) electrons. The van der Waals surface area contributed by atoms with E-state index in [0.717, 1.165) is 18.5 Å². The highest BCUT2D eigenvalue weighted by molar-refractivity contribution is 5.96. The third-order valence-electron chi connectivity index (χ3n) is 2.73. The zero-order chi connectivity index (χ0) is 12.8. The Hall–Kier alpha value is -1.64. The van der Waals surface area contributed by atoms with E-state index >= 15 is 0 Å². The van der Waals surface area contributed by atoms with Gasteiger partial charge in [-0.2, -0.15) is 0 Å². The van der Waals surface area contributed by atoms with Crippen LogP contribution in [0.2, 0.25) is 0 Å². The molecule has 1 unspecified atom stereocenters. The number of rotatable bonds is 5. The zero-order valence-electron chi connectivity index (χ0n) is 10.6. The summed E-state index contributed by atoms with van der Waals surface area (Å²) in [6.07, 6.45) is 1.88. The number of nitrogens with one attached hydrogen (secondary N) is 1. The van der Waals surface area contributed by atoms with E-state index in [9.17, 15) is 9.59 Å². The van der Waals surface area contributed by atoms with E-state index in [-0.39, 0.29) is 17.6 Å². The maximum absolute atomic E-state index is 11.7. The van der Waals surface area contributed by atoms with Crippen molar-refractivity contribution in [3.8, 4) is 0 Å². The molecule has 0 bridgehead atoms. The average Bonchev–Trinajstić information content (AvgIpc) is 2.30. The van der Waals surface area contributed by atoms with Crippen LogP contribution in [-0.4, -0.2) is 11.7 Å². The van der Waals surface area contributed by atoms with Crippen molar-refractivity contribution in [1.82, 2.24) is 0 Å². The van der Waals surface area contributed by atoms with Gasteiger partial charge in [0.1, 0.15) is 0 Å². The fraction of sp³-hybridized carbons (Fsp3) is 0.429. The summed E-state index contributed by atoms with van der Waals surface area (Å²) < 4.78 is 0. The number of Topliss-reactive ketones (excluding diaryl/α,β-unsaturated/α-hetero) is 1. The van der Waals surface area contributed by atoms with Crippen LogP contribution < -0.4 is 5.32 Å². The first-order valence-electron chi connectivity index (χ1n) is 5.96. The van der Waals surface area contributed by atoms with Crippen molar-refractivity contribution in [2.75, 3.05) is 5.32 Å². The molecule has 0 aromatic heterocycles. The second kappa shape index (κ2) is 6.18. The SMILES string of the molecule is CCCC(C)C(=O)Nc1ccc(C(C)=O)cc1. The molecular formula is C14H19NO2. The number of carbonyl (C=O) groups is 2. The van der Waals surface area contributed by atoms with Gasteiger partial charge in [0.25, 0.3) is 0 Å². The van der Waals surface area contributed by atoms with E-state index in [4.69, 9.17) is 0 Å². The van der Waals surface area contributed by atoms with Crippen LogP contribution in [0.5, 0.6) is 0 Å². The molecule has 0 aliphatic carbocycles. The van der Waals surface area contributed by atoms with Crippen LogP contribution in [0.15, 0.2) is 24.3 Å². The largest absolute Gasteiger partial charge is 0.326 e. The summed E-state index contributed by atoms with van der Waals surface area (Å²) in [5.41, 5.74) is 1.40. The topological polar surface area (TPSA) is 46.2 Å². The van der Waals surface area contributed by atoms with E-state index in [0.29, 0.717) is 5.56 Å². The van der Waals surface area contributed by atoms with Crippen molar-refractivity contribution in [2.45, 2.75) is 33.6 Å². The second-order valence-electron chi connectivity index (χ2n) is 4.31. The predicted molar refractivity (Wildman–Crippen MR) is 69.1 cm³/mol. The minimum absolute atomic E-state index is 0.0208. The fourth-order valence-electron chi connectivity index (χ4n) is 1.62. The van der Waals surface area contributed by atoms with E-state index in [1.807, 2.05) is 6.92 Å². The first-order chi connectivity index (χ1) is 8.04. The minimum Gasteiger partial charge on any atom is -0.326 e.